The molecule has 2 atom stereocenters. The summed E-state index contributed by atoms with van der Waals surface area (Å²) in [6.07, 6.45) is 12.2. The van der Waals surface area contributed by atoms with E-state index in [2.05, 4.69) is 13.5 Å². The lowest BCUT2D eigenvalue weighted by Crippen LogP contribution is -2.11. The third kappa shape index (κ3) is 4.51. The molecule has 92 valence electrons. The minimum Gasteiger partial charge on any atom is -0.299 e. The molecule has 1 nitrogen and oxygen atoms in total. The highest BCUT2D eigenvalue weighted by Crippen LogP contribution is 2.34. The molecule has 0 bridgehead atoms. The molecule has 1 aliphatic rings. The number of hydrogen-bond acceptors (Lipinski definition) is 1. The van der Waals surface area contributed by atoms with E-state index < -0.39 is 0 Å². The SMILES string of the molecule is C=CCCCCCC(=O)C1CCC(CC)C1. The van der Waals surface area contributed by atoms with Crippen molar-refractivity contribution in [2.45, 2.75) is 64.7 Å². The Balaban J connectivity index is 2.09. The van der Waals surface area contributed by atoms with Crippen LogP contribution in [0.4, 0.5) is 0 Å². The lowest BCUT2D eigenvalue weighted by Gasteiger charge is -2.08. The van der Waals surface area contributed by atoms with Gasteiger partial charge in [-0.05, 0) is 44.4 Å². The van der Waals surface area contributed by atoms with E-state index in [1.165, 1.54) is 32.1 Å². The van der Waals surface area contributed by atoms with Gasteiger partial charge in [-0.15, -0.1) is 6.58 Å². The minimum absolute atomic E-state index is 0.407. The van der Waals surface area contributed by atoms with Gasteiger partial charge >= 0.3 is 0 Å². The maximum absolute atomic E-state index is 11.9. The van der Waals surface area contributed by atoms with E-state index in [1.807, 2.05) is 6.08 Å². The molecule has 0 N–H and O–H groups in total. The summed E-state index contributed by atoms with van der Waals surface area (Å²) < 4.78 is 0. The normalized spacial score (nSPS) is 24.6. The monoisotopic (exact) mass is 222 g/mol. The minimum atomic E-state index is 0.407. The first-order valence-corrected chi connectivity index (χ1v) is 6.91. The molecule has 0 radical (unpaired) electrons. The largest absolute Gasteiger partial charge is 0.299 e. The summed E-state index contributed by atoms with van der Waals surface area (Å²) in [4.78, 5) is 11.9. The second-order valence-corrected chi connectivity index (χ2v) is 5.14. The van der Waals surface area contributed by atoms with Crippen molar-refractivity contribution in [2.75, 3.05) is 0 Å². The topological polar surface area (TPSA) is 17.1 Å². The average molecular weight is 222 g/mol. The second-order valence-electron chi connectivity index (χ2n) is 5.14. The number of carbonyl (C=O) groups excluding carboxylic acids is 1. The van der Waals surface area contributed by atoms with Crippen LogP contribution in [0.15, 0.2) is 12.7 Å². The Hall–Kier alpha value is -0.590. The molecule has 0 aromatic carbocycles. The fraction of sp³-hybridized carbons (Fsp3) is 0.800. The zero-order valence-corrected chi connectivity index (χ0v) is 10.7. The van der Waals surface area contributed by atoms with Crippen molar-refractivity contribution in [1.29, 1.82) is 0 Å². The summed E-state index contributed by atoms with van der Waals surface area (Å²) in [5.41, 5.74) is 0. The standard InChI is InChI=1S/C15H26O/c1-3-5-6-7-8-9-15(16)14-11-10-13(4-2)12-14/h3,13-14H,1,4-12H2,2H3. The summed E-state index contributed by atoms with van der Waals surface area (Å²) in [5.74, 6) is 1.77. The smallest absolute Gasteiger partial charge is 0.135 e. The Bertz CT molecular complexity index is 219. The van der Waals surface area contributed by atoms with Gasteiger partial charge in [0, 0.05) is 12.3 Å². The molecular weight excluding hydrogens is 196 g/mol. The average Bonchev–Trinajstić information content (AvgIpc) is 2.77. The number of ketones is 1. The molecule has 0 aromatic rings. The highest BCUT2D eigenvalue weighted by atomic mass is 16.1. The van der Waals surface area contributed by atoms with Crippen LogP contribution in [-0.2, 0) is 4.79 Å². The first kappa shape index (κ1) is 13.5. The van der Waals surface area contributed by atoms with E-state index in [9.17, 15) is 4.79 Å². The van der Waals surface area contributed by atoms with E-state index in [4.69, 9.17) is 0 Å². The lowest BCUT2D eigenvalue weighted by molar-refractivity contribution is -0.122. The molecular formula is C15H26O. The van der Waals surface area contributed by atoms with Crippen LogP contribution in [-0.4, -0.2) is 5.78 Å². The van der Waals surface area contributed by atoms with E-state index >= 15 is 0 Å². The highest BCUT2D eigenvalue weighted by Gasteiger charge is 2.27. The van der Waals surface area contributed by atoms with Gasteiger partial charge in [0.05, 0.1) is 0 Å². The van der Waals surface area contributed by atoms with Crippen molar-refractivity contribution in [3.8, 4) is 0 Å². The molecule has 0 heterocycles. The van der Waals surface area contributed by atoms with Crippen LogP contribution in [0.5, 0.6) is 0 Å². The third-order valence-electron chi connectivity index (χ3n) is 3.91. The molecule has 1 fully saturated rings. The van der Waals surface area contributed by atoms with Crippen molar-refractivity contribution in [2.24, 2.45) is 11.8 Å². The molecule has 1 saturated carbocycles. The zero-order chi connectivity index (χ0) is 11.8. The van der Waals surface area contributed by atoms with Gasteiger partial charge in [-0.3, -0.25) is 4.79 Å². The number of Topliss-reactive ketones (excluding diaryl/α,β-unsaturated/α-hetero) is 1. The number of carbonyl (C=O) groups is 1. The molecule has 1 rings (SSSR count). The van der Waals surface area contributed by atoms with E-state index in [0.29, 0.717) is 11.7 Å². The highest BCUT2D eigenvalue weighted by molar-refractivity contribution is 5.81. The van der Waals surface area contributed by atoms with Crippen LogP contribution < -0.4 is 0 Å². The molecule has 0 spiro atoms. The van der Waals surface area contributed by atoms with E-state index in [0.717, 1.165) is 31.6 Å². The Morgan fingerprint density at radius 1 is 1.31 bits per heavy atom. The molecule has 1 heteroatoms. The van der Waals surface area contributed by atoms with Crippen LogP contribution in [0.3, 0.4) is 0 Å². The molecule has 0 saturated heterocycles. The van der Waals surface area contributed by atoms with Gasteiger partial charge < -0.3 is 0 Å². The van der Waals surface area contributed by atoms with Crippen molar-refractivity contribution in [3.05, 3.63) is 12.7 Å². The van der Waals surface area contributed by atoms with Crippen LogP contribution in [0.25, 0.3) is 0 Å². The summed E-state index contributed by atoms with van der Waals surface area (Å²) in [5, 5.41) is 0. The summed E-state index contributed by atoms with van der Waals surface area (Å²) in [6.45, 7) is 5.95. The van der Waals surface area contributed by atoms with Gasteiger partial charge in [0.25, 0.3) is 0 Å². The molecule has 0 amide bonds. The van der Waals surface area contributed by atoms with Gasteiger partial charge in [-0.1, -0.05) is 25.8 Å². The van der Waals surface area contributed by atoms with Gasteiger partial charge in [-0.25, -0.2) is 0 Å². The molecule has 1 aliphatic carbocycles. The van der Waals surface area contributed by atoms with Crippen LogP contribution in [0.1, 0.15) is 64.7 Å². The Morgan fingerprint density at radius 2 is 2.12 bits per heavy atom. The first-order chi connectivity index (χ1) is 7.77. The van der Waals surface area contributed by atoms with Crippen molar-refractivity contribution < 1.29 is 4.79 Å². The molecule has 2 unspecified atom stereocenters. The third-order valence-corrected chi connectivity index (χ3v) is 3.91. The predicted molar refractivity (Wildman–Crippen MR) is 69.4 cm³/mol. The van der Waals surface area contributed by atoms with E-state index in [1.54, 1.807) is 0 Å². The second kappa shape index (κ2) is 7.65. The maximum atomic E-state index is 11.9. The Kier molecular flexibility index (Phi) is 6.44. The van der Waals surface area contributed by atoms with Gasteiger partial charge in [0.1, 0.15) is 5.78 Å². The maximum Gasteiger partial charge on any atom is 0.135 e. The molecule has 0 aliphatic heterocycles. The Labute approximate surface area is 100 Å². The zero-order valence-electron chi connectivity index (χ0n) is 10.7. The number of unbranched alkanes of at least 4 members (excludes halogenated alkanes) is 3. The Morgan fingerprint density at radius 3 is 2.75 bits per heavy atom. The fourth-order valence-corrected chi connectivity index (χ4v) is 2.71. The molecule has 0 aromatic heterocycles. The lowest BCUT2D eigenvalue weighted by atomic mass is 9.95. The predicted octanol–water partition coefficient (Wildman–Crippen LogP) is 4.52. The summed E-state index contributed by atoms with van der Waals surface area (Å²) in [7, 11) is 0. The number of hydrogen-bond donors (Lipinski definition) is 0. The number of allylic oxidation sites excluding steroid dienone is 1. The quantitative estimate of drug-likeness (QED) is 0.436. The fourth-order valence-electron chi connectivity index (χ4n) is 2.71. The van der Waals surface area contributed by atoms with Gasteiger partial charge in [-0.2, -0.15) is 0 Å². The van der Waals surface area contributed by atoms with Crippen molar-refractivity contribution in [3.63, 3.8) is 0 Å². The van der Waals surface area contributed by atoms with Gasteiger partial charge in [0.15, 0.2) is 0 Å². The summed E-state index contributed by atoms with van der Waals surface area (Å²) in [6, 6.07) is 0. The van der Waals surface area contributed by atoms with E-state index in [-0.39, 0.29) is 0 Å². The summed E-state index contributed by atoms with van der Waals surface area (Å²) >= 11 is 0. The van der Waals surface area contributed by atoms with Crippen LogP contribution in [0.2, 0.25) is 0 Å². The van der Waals surface area contributed by atoms with Crippen molar-refractivity contribution >= 4 is 5.78 Å². The van der Waals surface area contributed by atoms with Crippen LogP contribution >= 0.6 is 0 Å². The molecule has 16 heavy (non-hydrogen) atoms. The van der Waals surface area contributed by atoms with Crippen LogP contribution in [0, 0.1) is 11.8 Å². The first-order valence-electron chi connectivity index (χ1n) is 6.91. The number of rotatable bonds is 8. The van der Waals surface area contributed by atoms with Crippen molar-refractivity contribution in [1.82, 2.24) is 0 Å². The van der Waals surface area contributed by atoms with Gasteiger partial charge in [0.2, 0.25) is 0 Å².